The number of aryl methyl sites for hydroxylation is 1. The van der Waals surface area contributed by atoms with Crippen molar-refractivity contribution in [3.63, 3.8) is 0 Å². The van der Waals surface area contributed by atoms with Gasteiger partial charge < -0.3 is 10.5 Å². The number of hydrogen-bond donors (Lipinski definition) is 1. The molecule has 0 bridgehead atoms. The highest BCUT2D eigenvalue weighted by molar-refractivity contribution is 14.1. The van der Waals surface area contributed by atoms with E-state index in [1.165, 1.54) is 5.56 Å². The van der Waals surface area contributed by atoms with E-state index in [-0.39, 0.29) is 0 Å². The molecule has 19 heavy (non-hydrogen) atoms. The number of methoxy groups -OCH3 is 1. The summed E-state index contributed by atoms with van der Waals surface area (Å²) in [6, 6.07) is 8.22. The van der Waals surface area contributed by atoms with Crippen LogP contribution in [0.25, 0.3) is 11.4 Å². The third-order valence-corrected chi connectivity index (χ3v) is 4.02. The summed E-state index contributed by atoms with van der Waals surface area (Å²) in [6.07, 6.45) is 1.02. The molecule has 0 aliphatic carbocycles. The summed E-state index contributed by atoms with van der Waals surface area (Å²) in [5.41, 5.74) is 9.02. The number of nitrogens with zero attached hydrogens (tertiary/aromatic N) is 2. The van der Waals surface area contributed by atoms with Crippen LogP contribution in [0.4, 0.5) is 5.82 Å². The lowest BCUT2D eigenvalue weighted by Gasteiger charge is -2.08. The molecule has 4 nitrogen and oxygen atoms in total. The summed E-state index contributed by atoms with van der Waals surface area (Å²) in [7, 11) is 1.64. The Morgan fingerprint density at radius 3 is 2.47 bits per heavy atom. The molecule has 0 unspecified atom stereocenters. The standard InChI is InChI=1S/C14H16IN3O/c1-3-9-4-6-10(7-5-9)14-17-11(8-19-2)12(15)13(16)18-14/h4-7H,3,8H2,1-2H3,(H2,16,17,18). The maximum atomic E-state index is 5.93. The molecule has 0 atom stereocenters. The zero-order valence-corrected chi connectivity index (χ0v) is 13.1. The molecule has 0 amide bonds. The molecule has 2 aromatic rings. The fourth-order valence-corrected chi connectivity index (χ4v) is 2.16. The van der Waals surface area contributed by atoms with Gasteiger partial charge in [0.2, 0.25) is 0 Å². The molecule has 0 spiro atoms. The van der Waals surface area contributed by atoms with E-state index >= 15 is 0 Å². The number of benzene rings is 1. The van der Waals surface area contributed by atoms with Crippen molar-refractivity contribution < 1.29 is 4.74 Å². The second kappa shape index (κ2) is 6.29. The highest BCUT2D eigenvalue weighted by Gasteiger charge is 2.11. The van der Waals surface area contributed by atoms with Crippen LogP contribution in [0.2, 0.25) is 0 Å². The Bertz CT molecular complexity index is 570. The molecule has 100 valence electrons. The smallest absolute Gasteiger partial charge is 0.161 e. The van der Waals surface area contributed by atoms with Crippen molar-refractivity contribution in [3.05, 3.63) is 39.1 Å². The monoisotopic (exact) mass is 369 g/mol. The second-order valence-corrected chi connectivity index (χ2v) is 5.26. The van der Waals surface area contributed by atoms with Gasteiger partial charge in [-0.3, -0.25) is 0 Å². The van der Waals surface area contributed by atoms with Crippen LogP contribution in [0.1, 0.15) is 18.2 Å². The molecule has 2 N–H and O–H groups in total. The number of rotatable bonds is 4. The molecule has 5 heteroatoms. The van der Waals surface area contributed by atoms with Gasteiger partial charge in [-0.05, 0) is 34.6 Å². The van der Waals surface area contributed by atoms with E-state index in [1.807, 2.05) is 12.1 Å². The van der Waals surface area contributed by atoms with E-state index in [2.05, 4.69) is 51.6 Å². The van der Waals surface area contributed by atoms with Gasteiger partial charge in [-0.1, -0.05) is 31.2 Å². The molecular formula is C14H16IN3O. The molecule has 0 aliphatic rings. The summed E-state index contributed by atoms with van der Waals surface area (Å²) in [5.74, 6) is 1.14. The summed E-state index contributed by atoms with van der Waals surface area (Å²) < 4.78 is 6.00. The minimum Gasteiger partial charge on any atom is -0.383 e. The fraction of sp³-hybridized carbons (Fsp3) is 0.286. The fourth-order valence-electron chi connectivity index (χ4n) is 1.76. The summed E-state index contributed by atoms with van der Waals surface area (Å²) in [6.45, 7) is 2.57. The minimum atomic E-state index is 0.436. The normalized spacial score (nSPS) is 10.7. The number of hydrogen-bond acceptors (Lipinski definition) is 4. The molecular weight excluding hydrogens is 353 g/mol. The molecule has 0 fully saturated rings. The van der Waals surface area contributed by atoms with Crippen LogP contribution in [0.5, 0.6) is 0 Å². The summed E-state index contributed by atoms with van der Waals surface area (Å²) >= 11 is 2.15. The zero-order valence-electron chi connectivity index (χ0n) is 11.0. The SMILES string of the molecule is CCc1ccc(-c2nc(N)c(I)c(COC)n2)cc1. The van der Waals surface area contributed by atoms with Gasteiger partial charge in [0.05, 0.1) is 15.9 Å². The van der Waals surface area contributed by atoms with Gasteiger partial charge in [0, 0.05) is 12.7 Å². The van der Waals surface area contributed by atoms with E-state index < -0.39 is 0 Å². The Balaban J connectivity index is 2.43. The van der Waals surface area contributed by atoms with Crippen molar-refractivity contribution in [1.82, 2.24) is 9.97 Å². The van der Waals surface area contributed by atoms with Crippen molar-refractivity contribution in [1.29, 1.82) is 0 Å². The van der Waals surface area contributed by atoms with Gasteiger partial charge in [0.25, 0.3) is 0 Å². The van der Waals surface area contributed by atoms with Crippen molar-refractivity contribution in [2.24, 2.45) is 0 Å². The molecule has 0 aliphatic heterocycles. The van der Waals surface area contributed by atoms with Crippen LogP contribution in [-0.2, 0) is 17.8 Å². The topological polar surface area (TPSA) is 61.0 Å². The van der Waals surface area contributed by atoms with Gasteiger partial charge in [-0.15, -0.1) is 0 Å². The van der Waals surface area contributed by atoms with Crippen LogP contribution in [0, 0.1) is 3.57 Å². The lowest BCUT2D eigenvalue weighted by molar-refractivity contribution is 0.181. The van der Waals surface area contributed by atoms with Gasteiger partial charge in [-0.2, -0.15) is 0 Å². The Kier molecular flexibility index (Phi) is 4.71. The predicted molar refractivity (Wildman–Crippen MR) is 84.7 cm³/mol. The van der Waals surface area contributed by atoms with E-state index in [0.717, 1.165) is 21.2 Å². The van der Waals surface area contributed by atoms with E-state index in [4.69, 9.17) is 10.5 Å². The van der Waals surface area contributed by atoms with Gasteiger partial charge in [0.1, 0.15) is 5.82 Å². The molecule has 2 rings (SSSR count). The number of aromatic nitrogens is 2. The first-order chi connectivity index (χ1) is 9.15. The summed E-state index contributed by atoms with van der Waals surface area (Å²) in [4.78, 5) is 8.87. The molecule has 1 aromatic heterocycles. The maximum Gasteiger partial charge on any atom is 0.161 e. The van der Waals surface area contributed by atoms with Gasteiger partial charge >= 0.3 is 0 Å². The van der Waals surface area contributed by atoms with Crippen molar-refractivity contribution >= 4 is 28.4 Å². The van der Waals surface area contributed by atoms with E-state index in [0.29, 0.717) is 18.2 Å². The predicted octanol–water partition coefficient (Wildman–Crippen LogP) is 3.04. The molecule has 0 saturated heterocycles. The van der Waals surface area contributed by atoms with Crippen LogP contribution in [0.3, 0.4) is 0 Å². The lowest BCUT2D eigenvalue weighted by Crippen LogP contribution is -2.05. The molecule has 0 saturated carbocycles. The maximum absolute atomic E-state index is 5.93. The summed E-state index contributed by atoms with van der Waals surface area (Å²) in [5, 5.41) is 0. The Morgan fingerprint density at radius 2 is 1.89 bits per heavy atom. The molecule has 1 aromatic carbocycles. The third kappa shape index (κ3) is 3.22. The van der Waals surface area contributed by atoms with Crippen LogP contribution >= 0.6 is 22.6 Å². The van der Waals surface area contributed by atoms with Gasteiger partial charge in [0.15, 0.2) is 5.82 Å². The van der Waals surface area contributed by atoms with Crippen LogP contribution < -0.4 is 5.73 Å². The number of halogens is 1. The number of nitrogens with two attached hydrogens (primary N) is 1. The highest BCUT2D eigenvalue weighted by Crippen LogP contribution is 2.23. The van der Waals surface area contributed by atoms with Crippen molar-refractivity contribution in [2.75, 3.05) is 12.8 Å². The Morgan fingerprint density at radius 1 is 1.21 bits per heavy atom. The average Bonchev–Trinajstić information content (AvgIpc) is 2.44. The minimum absolute atomic E-state index is 0.436. The molecule has 1 heterocycles. The number of anilines is 1. The second-order valence-electron chi connectivity index (χ2n) is 4.18. The number of ether oxygens (including phenoxy) is 1. The van der Waals surface area contributed by atoms with E-state index in [1.54, 1.807) is 7.11 Å². The third-order valence-electron chi connectivity index (χ3n) is 2.85. The van der Waals surface area contributed by atoms with Crippen molar-refractivity contribution in [3.8, 4) is 11.4 Å². The number of nitrogen functional groups attached to an aromatic ring is 1. The first kappa shape index (κ1) is 14.2. The largest absolute Gasteiger partial charge is 0.383 e. The van der Waals surface area contributed by atoms with Gasteiger partial charge in [-0.25, -0.2) is 9.97 Å². The van der Waals surface area contributed by atoms with Crippen molar-refractivity contribution in [2.45, 2.75) is 20.0 Å². The van der Waals surface area contributed by atoms with Crippen LogP contribution in [0.15, 0.2) is 24.3 Å². The Labute approximate surface area is 126 Å². The zero-order chi connectivity index (χ0) is 13.8. The lowest BCUT2D eigenvalue weighted by atomic mass is 10.1. The molecule has 0 radical (unpaired) electrons. The van der Waals surface area contributed by atoms with Crippen LogP contribution in [-0.4, -0.2) is 17.1 Å². The first-order valence-corrected chi connectivity index (χ1v) is 7.13. The Hall–Kier alpha value is -1.21. The quantitative estimate of drug-likeness (QED) is 0.842. The highest BCUT2D eigenvalue weighted by atomic mass is 127. The average molecular weight is 369 g/mol. The first-order valence-electron chi connectivity index (χ1n) is 6.05. The van der Waals surface area contributed by atoms with E-state index in [9.17, 15) is 0 Å².